The lowest BCUT2D eigenvalue weighted by atomic mass is 10.0. The molecule has 2 atom stereocenters. The van der Waals surface area contributed by atoms with Crippen molar-refractivity contribution < 1.29 is 4.74 Å². The third-order valence-electron chi connectivity index (χ3n) is 3.33. The average molecular weight is 297 g/mol. The number of hydrogen-bond donors (Lipinski definition) is 0. The Balaban J connectivity index is 1.82. The highest BCUT2D eigenvalue weighted by atomic mass is 79.9. The molecule has 0 amide bonds. The van der Waals surface area contributed by atoms with Gasteiger partial charge >= 0.3 is 0 Å². The van der Waals surface area contributed by atoms with Crippen molar-refractivity contribution in [1.82, 2.24) is 0 Å². The largest absolute Gasteiger partial charge is 0.381 e. The van der Waals surface area contributed by atoms with Crippen molar-refractivity contribution in [3.8, 4) is 0 Å². The fourth-order valence-electron chi connectivity index (χ4n) is 2.43. The van der Waals surface area contributed by atoms with Crippen molar-refractivity contribution >= 4 is 15.9 Å². The molecule has 0 aromatic heterocycles. The molecule has 0 N–H and O–H groups in total. The van der Waals surface area contributed by atoms with Crippen LogP contribution in [0, 0.1) is 11.8 Å². The van der Waals surface area contributed by atoms with Crippen LogP contribution in [0.15, 0.2) is 24.3 Å². The molecule has 0 bridgehead atoms. The molecular formula is C15H21BrO. The summed E-state index contributed by atoms with van der Waals surface area (Å²) in [5.41, 5.74) is 2.98. The van der Waals surface area contributed by atoms with Crippen molar-refractivity contribution in [2.24, 2.45) is 11.8 Å². The van der Waals surface area contributed by atoms with Crippen molar-refractivity contribution in [2.75, 3.05) is 13.2 Å². The van der Waals surface area contributed by atoms with Crippen LogP contribution in [0.25, 0.3) is 0 Å². The summed E-state index contributed by atoms with van der Waals surface area (Å²) in [6.45, 7) is 6.16. The molecule has 17 heavy (non-hydrogen) atoms. The highest BCUT2D eigenvalue weighted by Crippen LogP contribution is 2.43. The summed E-state index contributed by atoms with van der Waals surface area (Å²) in [5, 5.41) is 0. The lowest BCUT2D eigenvalue weighted by molar-refractivity contribution is 0.0985. The maximum absolute atomic E-state index is 5.68. The molecule has 1 aromatic carbocycles. The molecule has 0 aliphatic heterocycles. The van der Waals surface area contributed by atoms with Gasteiger partial charge in [0.2, 0.25) is 0 Å². The number of alkyl halides is 1. The van der Waals surface area contributed by atoms with E-state index in [1.54, 1.807) is 0 Å². The van der Waals surface area contributed by atoms with Gasteiger partial charge in [0, 0.05) is 18.0 Å². The van der Waals surface area contributed by atoms with Crippen molar-refractivity contribution in [2.45, 2.75) is 31.5 Å². The van der Waals surface area contributed by atoms with Gasteiger partial charge in [0.25, 0.3) is 0 Å². The van der Waals surface area contributed by atoms with E-state index in [1.165, 1.54) is 17.5 Å². The Labute approximate surface area is 113 Å². The predicted octanol–water partition coefficient (Wildman–Crippen LogP) is 4.36. The molecule has 2 rings (SSSR count). The highest BCUT2D eigenvalue weighted by Gasteiger charge is 2.29. The molecule has 0 saturated heterocycles. The normalized spacial score (nSPS) is 23.1. The Kier molecular flexibility index (Phi) is 4.63. The van der Waals surface area contributed by atoms with Crippen LogP contribution >= 0.6 is 15.9 Å². The van der Waals surface area contributed by atoms with Crippen LogP contribution in [0.1, 0.15) is 36.2 Å². The Morgan fingerprint density at radius 1 is 1.35 bits per heavy atom. The van der Waals surface area contributed by atoms with Gasteiger partial charge in [-0.15, -0.1) is 0 Å². The second-order valence-electron chi connectivity index (χ2n) is 5.32. The molecule has 1 nitrogen and oxygen atoms in total. The van der Waals surface area contributed by atoms with Gasteiger partial charge < -0.3 is 4.74 Å². The van der Waals surface area contributed by atoms with E-state index in [0.29, 0.717) is 16.7 Å². The molecule has 0 saturated carbocycles. The fraction of sp³-hybridized carbons (Fsp3) is 0.600. The molecule has 2 unspecified atom stereocenters. The van der Waals surface area contributed by atoms with Gasteiger partial charge in [0.05, 0.1) is 0 Å². The van der Waals surface area contributed by atoms with E-state index in [1.807, 2.05) is 0 Å². The van der Waals surface area contributed by atoms with Gasteiger partial charge in [-0.2, -0.15) is 0 Å². The summed E-state index contributed by atoms with van der Waals surface area (Å²) in [6.07, 6.45) is 2.34. The Hall–Kier alpha value is -0.340. The van der Waals surface area contributed by atoms with Crippen LogP contribution in [0.5, 0.6) is 0 Å². The summed E-state index contributed by atoms with van der Waals surface area (Å²) >= 11 is 3.83. The van der Waals surface area contributed by atoms with Crippen LogP contribution in [0.4, 0.5) is 0 Å². The topological polar surface area (TPSA) is 9.23 Å². The number of fused-ring (bicyclic) bond motifs is 1. The first kappa shape index (κ1) is 13.1. The Bertz CT molecular complexity index is 362. The van der Waals surface area contributed by atoms with E-state index in [2.05, 4.69) is 54.0 Å². The Morgan fingerprint density at radius 2 is 2.12 bits per heavy atom. The van der Waals surface area contributed by atoms with Crippen LogP contribution in [0.3, 0.4) is 0 Å². The number of ether oxygens (including phenoxy) is 1. The van der Waals surface area contributed by atoms with Gasteiger partial charge in [0.15, 0.2) is 0 Å². The van der Waals surface area contributed by atoms with Crippen LogP contribution < -0.4 is 0 Å². The molecule has 94 valence electrons. The number of hydrogen-bond acceptors (Lipinski definition) is 1. The Morgan fingerprint density at radius 3 is 2.82 bits per heavy atom. The zero-order valence-corrected chi connectivity index (χ0v) is 12.2. The standard InChI is InChI=1S/C15H21BrO/c1-11(2)10-17-8-7-13-9-12-5-3-4-6-14(12)15(13)16/h3-6,11,13,15H,7-10H2,1-2H3. The van der Waals surface area contributed by atoms with E-state index < -0.39 is 0 Å². The van der Waals surface area contributed by atoms with Crippen LogP contribution in [0.2, 0.25) is 0 Å². The van der Waals surface area contributed by atoms with Crippen LogP contribution in [-0.2, 0) is 11.2 Å². The van der Waals surface area contributed by atoms with Gasteiger partial charge in [-0.1, -0.05) is 54.0 Å². The lowest BCUT2D eigenvalue weighted by Crippen LogP contribution is -2.09. The van der Waals surface area contributed by atoms with E-state index in [-0.39, 0.29) is 0 Å². The first-order chi connectivity index (χ1) is 8.18. The first-order valence-electron chi connectivity index (χ1n) is 6.48. The summed E-state index contributed by atoms with van der Waals surface area (Å²) in [7, 11) is 0. The number of halogens is 1. The zero-order chi connectivity index (χ0) is 12.3. The smallest absolute Gasteiger partial charge is 0.0488 e. The predicted molar refractivity (Wildman–Crippen MR) is 75.6 cm³/mol. The average Bonchev–Trinajstić information content (AvgIpc) is 2.63. The third-order valence-corrected chi connectivity index (χ3v) is 4.57. The fourth-order valence-corrected chi connectivity index (χ4v) is 3.33. The summed E-state index contributed by atoms with van der Waals surface area (Å²) in [6, 6.07) is 8.75. The van der Waals surface area contributed by atoms with Crippen molar-refractivity contribution in [1.29, 1.82) is 0 Å². The number of benzene rings is 1. The van der Waals surface area contributed by atoms with E-state index in [9.17, 15) is 0 Å². The minimum Gasteiger partial charge on any atom is -0.381 e. The van der Waals surface area contributed by atoms with E-state index in [4.69, 9.17) is 4.74 Å². The van der Waals surface area contributed by atoms with E-state index >= 15 is 0 Å². The maximum Gasteiger partial charge on any atom is 0.0488 e. The number of rotatable bonds is 5. The van der Waals surface area contributed by atoms with Gasteiger partial charge in [-0.05, 0) is 35.8 Å². The monoisotopic (exact) mass is 296 g/mol. The lowest BCUT2D eigenvalue weighted by Gasteiger charge is -2.15. The second kappa shape index (κ2) is 6.01. The minimum absolute atomic E-state index is 0.515. The minimum atomic E-state index is 0.515. The molecule has 0 heterocycles. The van der Waals surface area contributed by atoms with Crippen LogP contribution in [-0.4, -0.2) is 13.2 Å². The molecule has 1 aromatic rings. The third kappa shape index (κ3) is 3.32. The summed E-state index contributed by atoms with van der Waals surface area (Å²) in [5.74, 6) is 1.33. The summed E-state index contributed by atoms with van der Waals surface area (Å²) < 4.78 is 5.68. The quantitative estimate of drug-likeness (QED) is 0.579. The molecule has 0 radical (unpaired) electrons. The molecule has 0 fully saturated rings. The maximum atomic E-state index is 5.68. The molecule has 1 aliphatic carbocycles. The van der Waals surface area contributed by atoms with Crippen molar-refractivity contribution in [3.05, 3.63) is 35.4 Å². The van der Waals surface area contributed by atoms with E-state index in [0.717, 1.165) is 19.6 Å². The first-order valence-corrected chi connectivity index (χ1v) is 7.39. The van der Waals surface area contributed by atoms with Gasteiger partial charge in [0.1, 0.15) is 0 Å². The molecule has 0 spiro atoms. The van der Waals surface area contributed by atoms with Crippen molar-refractivity contribution in [3.63, 3.8) is 0 Å². The SMILES string of the molecule is CC(C)COCCC1Cc2ccccc2C1Br. The molecule has 1 aliphatic rings. The highest BCUT2D eigenvalue weighted by molar-refractivity contribution is 9.09. The summed E-state index contributed by atoms with van der Waals surface area (Å²) in [4.78, 5) is 0.515. The zero-order valence-electron chi connectivity index (χ0n) is 10.7. The van der Waals surface area contributed by atoms with Gasteiger partial charge in [-0.3, -0.25) is 0 Å². The molecular weight excluding hydrogens is 276 g/mol. The van der Waals surface area contributed by atoms with Gasteiger partial charge in [-0.25, -0.2) is 0 Å². The second-order valence-corrected chi connectivity index (χ2v) is 6.31. The molecule has 2 heteroatoms.